The highest BCUT2D eigenvalue weighted by Gasteiger charge is 1.91. The van der Waals surface area contributed by atoms with Gasteiger partial charge in [0.05, 0.1) is 18.5 Å². The summed E-state index contributed by atoms with van der Waals surface area (Å²) in [7, 11) is 1.64. The Bertz CT molecular complexity index is 547. The van der Waals surface area contributed by atoms with Crippen LogP contribution in [0.4, 0.5) is 0 Å². The van der Waals surface area contributed by atoms with Gasteiger partial charge in [-0.1, -0.05) is 18.2 Å². The van der Waals surface area contributed by atoms with E-state index in [1.54, 1.807) is 19.5 Å². The van der Waals surface area contributed by atoms with Gasteiger partial charge in [-0.3, -0.25) is 9.97 Å². The average molecular weight is 238 g/mol. The van der Waals surface area contributed by atoms with E-state index in [1.807, 2.05) is 54.6 Å². The molecule has 0 aliphatic carbocycles. The van der Waals surface area contributed by atoms with Crippen molar-refractivity contribution in [2.45, 2.75) is 0 Å². The highest BCUT2D eigenvalue weighted by Crippen LogP contribution is 2.10. The molecule has 2 rings (SSSR count). The van der Waals surface area contributed by atoms with Crippen molar-refractivity contribution in [3.63, 3.8) is 0 Å². The van der Waals surface area contributed by atoms with Gasteiger partial charge in [0.2, 0.25) is 0 Å². The smallest absolute Gasteiger partial charge is 0.122 e. The zero-order valence-corrected chi connectivity index (χ0v) is 10.2. The van der Waals surface area contributed by atoms with E-state index < -0.39 is 0 Å². The molecule has 0 spiro atoms. The predicted molar refractivity (Wildman–Crippen MR) is 73.1 cm³/mol. The van der Waals surface area contributed by atoms with Gasteiger partial charge in [0.15, 0.2) is 0 Å². The topological polar surface area (TPSA) is 35.0 Å². The van der Waals surface area contributed by atoms with Gasteiger partial charge < -0.3 is 4.74 Å². The van der Waals surface area contributed by atoms with Crippen molar-refractivity contribution >= 4 is 12.2 Å². The molecule has 0 unspecified atom stereocenters. The van der Waals surface area contributed by atoms with Crippen LogP contribution in [-0.2, 0) is 0 Å². The van der Waals surface area contributed by atoms with E-state index in [9.17, 15) is 0 Å². The molecule has 0 aliphatic heterocycles. The van der Waals surface area contributed by atoms with E-state index in [1.165, 1.54) is 0 Å². The molecular weight excluding hydrogens is 224 g/mol. The van der Waals surface area contributed by atoms with Crippen LogP contribution in [-0.4, -0.2) is 17.1 Å². The predicted octanol–water partition coefficient (Wildman–Crippen LogP) is 3.21. The number of hydrogen-bond donors (Lipinski definition) is 0. The minimum atomic E-state index is 0.804. The number of methoxy groups -OCH3 is 1. The third-order valence-electron chi connectivity index (χ3n) is 2.32. The molecule has 0 bridgehead atoms. The summed E-state index contributed by atoms with van der Waals surface area (Å²) in [6.07, 6.45) is 11.2. The van der Waals surface area contributed by atoms with Crippen LogP contribution in [0.25, 0.3) is 12.2 Å². The summed E-state index contributed by atoms with van der Waals surface area (Å²) < 4.78 is 5.13. The summed E-state index contributed by atoms with van der Waals surface area (Å²) in [6.45, 7) is 0. The van der Waals surface area contributed by atoms with Gasteiger partial charge in [0.25, 0.3) is 0 Å². The zero-order valence-electron chi connectivity index (χ0n) is 10.2. The van der Waals surface area contributed by atoms with E-state index in [2.05, 4.69) is 9.97 Å². The molecule has 2 aromatic heterocycles. The Balaban J connectivity index is 2.01. The summed E-state index contributed by atoms with van der Waals surface area (Å²) in [6, 6.07) is 9.51. The van der Waals surface area contributed by atoms with Gasteiger partial charge in [-0.05, 0) is 30.4 Å². The monoisotopic (exact) mass is 238 g/mol. The molecule has 2 heterocycles. The Hall–Kier alpha value is -2.42. The Kier molecular flexibility index (Phi) is 4.25. The second-order valence-electron chi connectivity index (χ2n) is 3.59. The fourth-order valence-electron chi connectivity index (χ4n) is 1.43. The number of nitrogens with zero attached hydrogens (tertiary/aromatic N) is 2. The highest BCUT2D eigenvalue weighted by molar-refractivity contribution is 5.54. The van der Waals surface area contributed by atoms with Crippen LogP contribution in [0.2, 0.25) is 0 Å². The first-order valence-electron chi connectivity index (χ1n) is 5.64. The molecule has 90 valence electrons. The minimum Gasteiger partial charge on any atom is -0.497 e. The second-order valence-corrected chi connectivity index (χ2v) is 3.59. The summed E-state index contributed by atoms with van der Waals surface area (Å²) in [5, 5.41) is 0. The normalized spacial score (nSPS) is 11.2. The van der Waals surface area contributed by atoms with Crippen LogP contribution in [0.5, 0.6) is 5.75 Å². The standard InChI is InChI=1S/C15H14N2O/c1-18-15-9-11-17-14(12-15)8-3-2-6-13-7-4-5-10-16-13/h2-12H,1H3. The van der Waals surface area contributed by atoms with Crippen molar-refractivity contribution in [1.82, 2.24) is 9.97 Å². The van der Waals surface area contributed by atoms with E-state index in [0.717, 1.165) is 17.1 Å². The maximum atomic E-state index is 5.13. The molecular formula is C15H14N2O. The molecule has 0 aromatic carbocycles. The molecule has 0 atom stereocenters. The number of ether oxygens (including phenoxy) is 1. The number of rotatable bonds is 4. The summed E-state index contributed by atoms with van der Waals surface area (Å²) >= 11 is 0. The Morgan fingerprint density at radius 3 is 2.44 bits per heavy atom. The summed E-state index contributed by atoms with van der Waals surface area (Å²) in [5.41, 5.74) is 1.79. The first-order valence-corrected chi connectivity index (χ1v) is 5.64. The summed E-state index contributed by atoms with van der Waals surface area (Å²) in [5.74, 6) is 0.804. The first-order chi connectivity index (χ1) is 8.88. The fourth-order valence-corrected chi connectivity index (χ4v) is 1.43. The summed E-state index contributed by atoms with van der Waals surface area (Å²) in [4.78, 5) is 8.41. The molecule has 3 nitrogen and oxygen atoms in total. The van der Waals surface area contributed by atoms with Gasteiger partial charge >= 0.3 is 0 Å². The minimum absolute atomic E-state index is 0.804. The van der Waals surface area contributed by atoms with E-state index in [-0.39, 0.29) is 0 Å². The van der Waals surface area contributed by atoms with Gasteiger partial charge in [-0.25, -0.2) is 0 Å². The largest absolute Gasteiger partial charge is 0.497 e. The molecule has 18 heavy (non-hydrogen) atoms. The van der Waals surface area contributed by atoms with Crippen molar-refractivity contribution in [3.05, 3.63) is 66.3 Å². The Morgan fingerprint density at radius 2 is 1.72 bits per heavy atom. The molecule has 0 N–H and O–H groups in total. The third kappa shape index (κ3) is 3.56. The van der Waals surface area contributed by atoms with E-state index in [0.29, 0.717) is 0 Å². The number of pyridine rings is 2. The Labute approximate surface area is 106 Å². The lowest BCUT2D eigenvalue weighted by molar-refractivity contribution is 0.414. The van der Waals surface area contributed by atoms with Crippen molar-refractivity contribution < 1.29 is 4.74 Å². The molecule has 0 aliphatic rings. The van der Waals surface area contributed by atoms with Crippen molar-refractivity contribution in [3.8, 4) is 5.75 Å². The van der Waals surface area contributed by atoms with Crippen LogP contribution in [0.1, 0.15) is 11.4 Å². The van der Waals surface area contributed by atoms with Gasteiger partial charge in [0.1, 0.15) is 5.75 Å². The molecule has 0 saturated carbocycles. The van der Waals surface area contributed by atoms with Crippen molar-refractivity contribution in [2.75, 3.05) is 7.11 Å². The molecule has 0 saturated heterocycles. The Morgan fingerprint density at radius 1 is 0.944 bits per heavy atom. The SMILES string of the molecule is COc1ccnc(C=CC=Cc2ccccn2)c1. The van der Waals surface area contributed by atoms with Gasteiger partial charge in [-0.15, -0.1) is 0 Å². The van der Waals surface area contributed by atoms with Gasteiger partial charge in [0, 0.05) is 18.5 Å². The van der Waals surface area contributed by atoms with Crippen LogP contribution in [0.15, 0.2) is 54.9 Å². The lowest BCUT2D eigenvalue weighted by Gasteiger charge is -1.98. The van der Waals surface area contributed by atoms with Crippen LogP contribution >= 0.6 is 0 Å². The van der Waals surface area contributed by atoms with Crippen LogP contribution in [0.3, 0.4) is 0 Å². The van der Waals surface area contributed by atoms with E-state index >= 15 is 0 Å². The van der Waals surface area contributed by atoms with Crippen LogP contribution < -0.4 is 4.74 Å². The number of aromatic nitrogens is 2. The zero-order chi connectivity index (χ0) is 12.6. The molecule has 3 heteroatoms. The molecule has 0 radical (unpaired) electrons. The van der Waals surface area contributed by atoms with Crippen molar-refractivity contribution in [1.29, 1.82) is 0 Å². The van der Waals surface area contributed by atoms with E-state index in [4.69, 9.17) is 4.74 Å². The van der Waals surface area contributed by atoms with Crippen LogP contribution in [0, 0.1) is 0 Å². The number of allylic oxidation sites excluding steroid dienone is 2. The fraction of sp³-hybridized carbons (Fsp3) is 0.0667. The van der Waals surface area contributed by atoms with Crippen molar-refractivity contribution in [2.24, 2.45) is 0 Å². The maximum absolute atomic E-state index is 5.13. The second kappa shape index (κ2) is 6.35. The first kappa shape index (κ1) is 12.0. The third-order valence-corrected chi connectivity index (χ3v) is 2.32. The lowest BCUT2D eigenvalue weighted by Crippen LogP contribution is -1.85. The highest BCUT2D eigenvalue weighted by atomic mass is 16.5. The lowest BCUT2D eigenvalue weighted by atomic mass is 10.3. The molecule has 0 amide bonds. The average Bonchev–Trinajstić information content (AvgIpc) is 2.45. The maximum Gasteiger partial charge on any atom is 0.122 e. The quantitative estimate of drug-likeness (QED) is 0.767. The van der Waals surface area contributed by atoms with Gasteiger partial charge in [-0.2, -0.15) is 0 Å². The molecule has 0 fully saturated rings. The number of hydrogen-bond acceptors (Lipinski definition) is 3. The molecule has 2 aromatic rings.